The average molecular weight is 528 g/mol. The van der Waals surface area contributed by atoms with Crippen LogP contribution in [0.3, 0.4) is 0 Å². The van der Waals surface area contributed by atoms with Gasteiger partial charge in [-0.15, -0.1) is 0 Å². The van der Waals surface area contributed by atoms with Gasteiger partial charge in [0.15, 0.2) is 5.82 Å². The molecule has 0 aliphatic rings. The van der Waals surface area contributed by atoms with Crippen molar-refractivity contribution in [2.45, 2.75) is 45.6 Å². The van der Waals surface area contributed by atoms with E-state index in [4.69, 9.17) is 10.3 Å². The second-order valence-electron chi connectivity index (χ2n) is 10.6. The third-order valence-corrected chi connectivity index (χ3v) is 6.20. The molecule has 0 bridgehead atoms. The molecule has 0 spiro atoms. The molecule has 2 amide bonds. The molecule has 9 nitrogen and oxygen atoms in total. The first-order chi connectivity index (χ1) is 18.6. The van der Waals surface area contributed by atoms with E-state index in [0.717, 1.165) is 28.2 Å². The molecular weight excluding hydrogens is 497 g/mol. The number of nitrogens with two attached hydrogens (primary N) is 1. The number of fused-ring (bicyclic) bond motifs is 1. The predicted octanol–water partition coefficient (Wildman–Crippen LogP) is 6.02. The Balaban J connectivity index is 1.32. The Labute approximate surface area is 225 Å². The van der Waals surface area contributed by atoms with Gasteiger partial charge < -0.3 is 15.6 Å². The third kappa shape index (κ3) is 5.80. The van der Waals surface area contributed by atoms with E-state index in [-0.39, 0.29) is 23.0 Å². The number of amides is 2. The lowest BCUT2D eigenvalue weighted by Crippen LogP contribution is -2.20. The van der Waals surface area contributed by atoms with Crippen LogP contribution < -0.4 is 16.4 Å². The fraction of sp³-hybridized carbons (Fsp3) is 0.241. The Morgan fingerprint density at radius 3 is 2.56 bits per heavy atom. The minimum Gasteiger partial charge on any atom is -0.359 e. The van der Waals surface area contributed by atoms with E-state index < -0.39 is 11.8 Å². The highest BCUT2D eigenvalue weighted by Crippen LogP contribution is 2.28. The normalized spacial score (nSPS) is 12.5. The van der Waals surface area contributed by atoms with E-state index in [1.807, 2.05) is 62.6 Å². The molecule has 1 atom stereocenters. The molecule has 0 aliphatic carbocycles. The van der Waals surface area contributed by atoms with Crippen LogP contribution in [0.1, 0.15) is 39.1 Å². The van der Waals surface area contributed by atoms with Crippen molar-refractivity contribution >= 4 is 23.2 Å². The Bertz CT molecular complexity index is 1650. The second-order valence-corrected chi connectivity index (χ2v) is 10.6. The molecule has 10 heteroatoms. The van der Waals surface area contributed by atoms with Gasteiger partial charge in [0.05, 0.1) is 17.6 Å². The van der Waals surface area contributed by atoms with Gasteiger partial charge in [-0.3, -0.25) is 14.7 Å². The van der Waals surface area contributed by atoms with Crippen molar-refractivity contribution in [3.05, 3.63) is 84.4 Å². The topological polar surface area (TPSA) is 123 Å². The summed E-state index contributed by atoms with van der Waals surface area (Å²) < 4.78 is 22.1. The van der Waals surface area contributed by atoms with E-state index in [2.05, 4.69) is 25.8 Å². The van der Waals surface area contributed by atoms with Gasteiger partial charge in [0.2, 0.25) is 0 Å². The first-order valence-corrected chi connectivity index (χ1v) is 12.6. The molecule has 0 saturated carbocycles. The number of nitrogens with one attached hydrogen (secondary N) is 2. The van der Waals surface area contributed by atoms with Crippen LogP contribution in [0.15, 0.2) is 71.6 Å². The molecule has 4 heterocycles. The first kappa shape index (κ1) is 26.1. The number of carbonyl (C=O) groups is 1. The Kier molecular flexibility index (Phi) is 6.88. The minimum absolute atomic E-state index is 0.0246. The van der Waals surface area contributed by atoms with Gasteiger partial charge in [-0.25, -0.2) is 14.2 Å². The lowest BCUT2D eigenvalue weighted by atomic mass is 9.93. The minimum atomic E-state index is -0.627. The number of aromatic nitrogens is 4. The number of hydrogen-bond acceptors (Lipinski definition) is 6. The van der Waals surface area contributed by atoms with E-state index in [9.17, 15) is 9.18 Å². The summed E-state index contributed by atoms with van der Waals surface area (Å²) in [5, 5.41) is 8.92. The summed E-state index contributed by atoms with van der Waals surface area (Å²) in [6.07, 6.45) is 6.07. The van der Waals surface area contributed by atoms with Crippen molar-refractivity contribution in [1.29, 1.82) is 0 Å². The van der Waals surface area contributed by atoms with Crippen LogP contribution in [0.2, 0.25) is 0 Å². The Hall–Kier alpha value is -4.57. The number of halogens is 1. The predicted molar refractivity (Wildman–Crippen MR) is 149 cm³/mol. The number of hydrogen-bond donors (Lipinski definition) is 3. The van der Waals surface area contributed by atoms with E-state index in [1.54, 1.807) is 24.5 Å². The van der Waals surface area contributed by atoms with Crippen molar-refractivity contribution in [2.24, 2.45) is 5.73 Å². The summed E-state index contributed by atoms with van der Waals surface area (Å²) in [5.41, 5.74) is 10.7. The first-order valence-electron chi connectivity index (χ1n) is 12.6. The van der Waals surface area contributed by atoms with Gasteiger partial charge in [0.1, 0.15) is 17.2 Å². The van der Waals surface area contributed by atoms with Crippen molar-refractivity contribution in [2.75, 3.05) is 10.6 Å². The highest BCUT2D eigenvalue weighted by Gasteiger charge is 2.20. The Morgan fingerprint density at radius 1 is 1.05 bits per heavy atom. The van der Waals surface area contributed by atoms with Crippen LogP contribution in [0.25, 0.3) is 28.0 Å². The standard InChI is InChI=1S/C29H30FN7O2/c1-17(31)11-21-12-18(7-9-32-21)19-8-10-37-24(16-33-27(37)14-19)20-5-6-23(22(30)13-20)34-28(38)35-26-15-25(39-36-26)29(2,3)4/h5-10,12-17H,11,31H2,1-4H3,(H2,34,35,36,38). The zero-order valence-electron chi connectivity index (χ0n) is 22.2. The average Bonchev–Trinajstić information content (AvgIpc) is 3.52. The third-order valence-electron chi connectivity index (χ3n) is 6.20. The summed E-state index contributed by atoms with van der Waals surface area (Å²) in [4.78, 5) is 21.3. The van der Waals surface area contributed by atoms with Gasteiger partial charge in [-0.2, -0.15) is 0 Å². The highest BCUT2D eigenvalue weighted by atomic mass is 19.1. The summed E-state index contributed by atoms with van der Waals surface area (Å²) in [5.74, 6) is 0.292. The fourth-order valence-electron chi connectivity index (χ4n) is 4.21. The largest absolute Gasteiger partial charge is 0.359 e. The maximum Gasteiger partial charge on any atom is 0.325 e. The molecule has 1 aromatic carbocycles. The SMILES string of the molecule is CC(N)Cc1cc(-c2ccn3c(-c4ccc(NC(=O)Nc5cc(C(C)(C)C)on5)c(F)c4)cnc3c2)ccn1. The van der Waals surface area contributed by atoms with E-state index in [1.165, 1.54) is 12.1 Å². The molecule has 1 unspecified atom stereocenters. The van der Waals surface area contributed by atoms with Crippen molar-refractivity contribution in [3.8, 4) is 22.4 Å². The van der Waals surface area contributed by atoms with Crippen LogP contribution >= 0.6 is 0 Å². The number of imidazole rings is 1. The zero-order valence-corrected chi connectivity index (χ0v) is 22.2. The van der Waals surface area contributed by atoms with Gasteiger partial charge in [-0.05, 0) is 54.4 Å². The Morgan fingerprint density at radius 2 is 1.85 bits per heavy atom. The molecule has 0 saturated heterocycles. The lowest BCUT2D eigenvalue weighted by Gasteiger charge is -2.12. The summed E-state index contributed by atoms with van der Waals surface area (Å²) in [6.45, 7) is 7.86. The van der Waals surface area contributed by atoms with Crippen molar-refractivity contribution < 1.29 is 13.7 Å². The number of carbonyl (C=O) groups excluding carboxylic acids is 1. The van der Waals surface area contributed by atoms with Crippen LogP contribution in [0.5, 0.6) is 0 Å². The second kappa shape index (κ2) is 10.3. The van der Waals surface area contributed by atoms with Gasteiger partial charge >= 0.3 is 6.03 Å². The molecule has 5 aromatic rings. The molecule has 4 N–H and O–H groups in total. The number of anilines is 2. The number of nitrogens with zero attached hydrogens (tertiary/aromatic N) is 4. The van der Waals surface area contributed by atoms with Gasteiger partial charge in [0.25, 0.3) is 0 Å². The van der Waals surface area contributed by atoms with Crippen molar-refractivity contribution in [1.82, 2.24) is 19.5 Å². The maximum absolute atomic E-state index is 15.0. The maximum atomic E-state index is 15.0. The van der Waals surface area contributed by atoms with Crippen LogP contribution in [0.4, 0.5) is 20.7 Å². The van der Waals surface area contributed by atoms with Gasteiger partial charge in [-0.1, -0.05) is 32.0 Å². The molecule has 0 radical (unpaired) electrons. The number of benzene rings is 1. The molecule has 0 aliphatic heterocycles. The molecule has 4 aromatic heterocycles. The van der Waals surface area contributed by atoms with E-state index in [0.29, 0.717) is 17.7 Å². The molecular formula is C29H30FN7O2. The molecule has 200 valence electrons. The number of pyridine rings is 2. The summed E-state index contributed by atoms with van der Waals surface area (Å²) >= 11 is 0. The van der Waals surface area contributed by atoms with Crippen LogP contribution in [-0.2, 0) is 11.8 Å². The van der Waals surface area contributed by atoms with Crippen LogP contribution in [-0.4, -0.2) is 31.6 Å². The van der Waals surface area contributed by atoms with Crippen LogP contribution in [0, 0.1) is 5.82 Å². The lowest BCUT2D eigenvalue weighted by molar-refractivity contribution is 0.261. The molecule has 0 fully saturated rings. The zero-order chi connectivity index (χ0) is 27.7. The summed E-state index contributed by atoms with van der Waals surface area (Å²) in [7, 11) is 0. The van der Waals surface area contributed by atoms with E-state index >= 15 is 0 Å². The molecule has 39 heavy (non-hydrogen) atoms. The monoisotopic (exact) mass is 527 g/mol. The number of rotatable bonds is 6. The smallest absolute Gasteiger partial charge is 0.325 e. The number of urea groups is 1. The fourth-order valence-corrected chi connectivity index (χ4v) is 4.21. The van der Waals surface area contributed by atoms with Crippen molar-refractivity contribution in [3.63, 3.8) is 0 Å². The van der Waals surface area contributed by atoms with Gasteiger partial charge in [0, 0.05) is 47.6 Å². The molecule has 5 rings (SSSR count). The highest BCUT2D eigenvalue weighted by molar-refractivity contribution is 5.99. The summed E-state index contributed by atoms with van der Waals surface area (Å²) in [6, 6.07) is 13.6. The quantitative estimate of drug-likeness (QED) is 0.248.